The Balaban J connectivity index is 1.47. The number of allylic oxidation sites excluding steroid dienone is 3. The van der Waals surface area contributed by atoms with Gasteiger partial charge in [-0.25, -0.2) is 4.79 Å². The van der Waals surface area contributed by atoms with Crippen molar-refractivity contribution in [1.82, 2.24) is 15.6 Å². The summed E-state index contributed by atoms with van der Waals surface area (Å²) >= 11 is 0. The molecule has 0 saturated heterocycles. The van der Waals surface area contributed by atoms with E-state index in [9.17, 15) is 4.79 Å². The Kier molecular flexibility index (Phi) is 8.00. The Bertz CT molecular complexity index is 585. The zero-order chi connectivity index (χ0) is 17.0. The van der Waals surface area contributed by atoms with E-state index in [1.807, 2.05) is 6.08 Å². The van der Waals surface area contributed by atoms with E-state index < -0.39 is 5.97 Å². The Hall–Kier alpha value is -2.18. The minimum atomic E-state index is -0.926. The molecule has 1 aromatic rings. The number of carbonyl (C=O) groups is 1. The predicted molar refractivity (Wildman–Crippen MR) is 92.8 cm³/mol. The molecular formula is C18H25N3O3. The molecule has 24 heavy (non-hydrogen) atoms. The van der Waals surface area contributed by atoms with Crippen molar-refractivity contribution >= 4 is 5.97 Å². The van der Waals surface area contributed by atoms with E-state index in [1.54, 1.807) is 6.07 Å². The summed E-state index contributed by atoms with van der Waals surface area (Å²) in [7, 11) is 0. The van der Waals surface area contributed by atoms with Crippen molar-refractivity contribution in [2.75, 3.05) is 26.2 Å². The molecule has 0 bridgehead atoms. The van der Waals surface area contributed by atoms with Crippen LogP contribution in [0.1, 0.15) is 35.3 Å². The van der Waals surface area contributed by atoms with Gasteiger partial charge < -0.3 is 20.5 Å². The number of rotatable bonds is 11. The number of nitrogens with zero attached hydrogens (tertiary/aromatic N) is 1. The molecule has 6 nitrogen and oxygen atoms in total. The van der Waals surface area contributed by atoms with Crippen molar-refractivity contribution in [2.24, 2.45) is 0 Å². The third-order valence-corrected chi connectivity index (χ3v) is 3.59. The summed E-state index contributed by atoms with van der Waals surface area (Å²) in [6, 6.07) is 3.09. The number of hydrogen-bond acceptors (Lipinski definition) is 5. The van der Waals surface area contributed by atoms with E-state index in [2.05, 4.69) is 27.8 Å². The maximum atomic E-state index is 10.9. The summed E-state index contributed by atoms with van der Waals surface area (Å²) < 4.78 is 5.64. The topological polar surface area (TPSA) is 83.5 Å². The van der Waals surface area contributed by atoms with Gasteiger partial charge >= 0.3 is 5.97 Å². The number of pyridine rings is 1. The molecule has 0 aliphatic heterocycles. The summed E-state index contributed by atoms with van der Waals surface area (Å²) in [6.07, 6.45) is 11.0. The smallest absolute Gasteiger partial charge is 0.335 e. The molecule has 1 aliphatic carbocycles. The molecule has 1 heterocycles. The van der Waals surface area contributed by atoms with Gasteiger partial charge in [-0.15, -0.1) is 0 Å². The maximum absolute atomic E-state index is 10.9. The molecule has 0 atom stereocenters. The average Bonchev–Trinajstić information content (AvgIpc) is 2.61. The van der Waals surface area contributed by atoms with Crippen LogP contribution in [0, 0.1) is 0 Å². The molecule has 130 valence electrons. The van der Waals surface area contributed by atoms with Gasteiger partial charge in [0.05, 0.1) is 11.3 Å². The molecule has 0 aromatic carbocycles. The Morgan fingerprint density at radius 3 is 2.92 bits per heavy atom. The highest BCUT2D eigenvalue weighted by molar-refractivity contribution is 5.87. The largest absolute Gasteiger partial charge is 0.493 e. The molecule has 3 N–H and O–H groups in total. The van der Waals surface area contributed by atoms with Gasteiger partial charge in [0.25, 0.3) is 0 Å². The molecule has 6 heteroatoms. The van der Waals surface area contributed by atoms with Gasteiger partial charge in [0.1, 0.15) is 12.4 Å². The molecule has 0 radical (unpaired) electrons. The van der Waals surface area contributed by atoms with Gasteiger partial charge in [-0.1, -0.05) is 6.08 Å². The first-order valence-electron chi connectivity index (χ1n) is 8.35. The fourth-order valence-electron chi connectivity index (χ4n) is 2.33. The second-order valence-corrected chi connectivity index (χ2v) is 5.56. The molecular weight excluding hydrogens is 306 g/mol. The maximum Gasteiger partial charge on any atom is 0.335 e. The highest BCUT2D eigenvalue weighted by Gasteiger charge is 2.03. The first-order valence-corrected chi connectivity index (χ1v) is 8.35. The Labute approximate surface area is 142 Å². The van der Waals surface area contributed by atoms with E-state index in [1.165, 1.54) is 12.3 Å². The van der Waals surface area contributed by atoms with Crippen molar-refractivity contribution in [3.8, 4) is 0 Å². The summed E-state index contributed by atoms with van der Waals surface area (Å²) in [4.78, 5) is 15.0. The van der Waals surface area contributed by atoms with Crippen LogP contribution in [0.2, 0.25) is 0 Å². The van der Waals surface area contributed by atoms with Crippen LogP contribution in [-0.2, 0) is 11.3 Å². The molecule has 0 saturated carbocycles. The van der Waals surface area contributed by atoms with Crippen LogP contribution in [0.25, 0.3) is 0 Å². The third kappa shape index (κ3) is 6.93. The zero-order valence-electron chi connectivity index (χ0n) is 13.8. The number of aromatic nitrogens is 1. The van der Waals surface area contributed by atoms with E-state index in [4.69, 9.17) is 9.84 Å². The number of carboxylic acid groups (broad SMARTS) is 1. The van der Waals surface area contributed by atoms with E-state index in [0.717, 1.165) is 50.3 Å². The zero-order valence-corrected chi connectivity index (χ0v) is 13.8. The minimum Gasteiger partial charge on any atom is -0.493 e. The molecule has 1 aliphatic rings. The van der Waals surface area contributed by atoms with Gasteiger partial charge in [0.2, 0.25) is 0 Å². The lowest BCUT2D eigenvalue weighted by molar-refractivity contribution is 0.0696. The van der Waals surface area contributed by atoms with E-state index >= 15 is 0 Å². The number of carboxylic acids is 1. The highest BCUT2D eigenvalue weighted by atomic mass is 16.5. The second kappa shape index (κ2) is 10.6. The lowest BCUT2D eigenvalue weighted by Crippen LogP contribution is -2.24. The Morgan fingerprint density at radius 1 is 1.25 bits per heavy atom. The lowest BCUT2D eigenvalue weighted by Gasteiger charge is -2.10. The van der Waals surface area contributed by atoms with Crippen LogP contribution in [0.5, 0.6) is 0 Å². The minimum absolute atomic E-state index is 0.270. The van der Waals surface area contributed by atoms with Crippen LogP contribution in [0.15, 0.2) is 42.3 Å². The SMILES string of the molecule is O=C(O)c1ccnc(CNCCCNCCOC2=CCCC=C2)c1. The number of nitrogens with one attached hydrogen (secondary N) is 2. The fraction of sp³-hybridized carbons (Fsp3) is 0.444. The molecule has 1 aromatic heterocycles. The van der Waals surface area contributed by atoms with Crippen molar-refractivity contribution < 1.29 is 14.6 Å². The van der Waals surface area contributed by atoms with Gasteiger partial charge in [-0.05, 0) is 56.6 Å². The van der Waals surface area contributed by atoms with Crippen LogP contribution in [-0.4, -0.2) is 42.3 Å². The quantitative estimate of drug-likeness (QED) is 0.539. The first-order chi connectivity index (χ1) is 11.8. The first kappa shape index (κ1) is 18.2. The molecule has 0 amide bonds. The van der Waals surface area contributed by atoms with Crippen LogP contribution >= 0.6 is 0 Å². The third-order valence-electron chi connectivity index (χ3n) is 3.59. The fourth-order valence-corrected chi connectivity index (χ4v) is 2.33. The van der Waals surface area contributed by atoms with Crippen LogP contribution in [0.4, 0.5) is 0 Å². The van der Waals surface area contributed by atoms with Gasteiger partial charge in [0, 0.05) is 19.3 Å². The second-order valence-electron chi connectivity index (χ2n) is 5.56. The molecule has 0 fully saturated rings. The number of hydrogen-bond donors (Lipinski definition) is 3. The summed E-state index contributed by atoms with van der Waals surface area (Å²) in [5, 5.41) is 15.5. The molecule has 0 spiro atoms. The van der Waals surface area contributed by atoms with Gasteiger partial charge in [0.15, 0.2) is 0 Å². The summed E-state index contributed by atoms with van der Waals surface area (Å²) in [6.45, 7) is 3.84. The number of aromatic carboxylic acids is 1. The molecule has 2 rings (SSSR count). The van der Waals surface area contributed by atoms with Crippen molar-refractivity contribution in [3.05, 3.63) is 53.6 Å². The summed E-state index contributed by atoms with van der Waals surface area (Å²) in [5.41, 5.74) is 1.01. The van der Waals surface area contributed by atoms with Gasteiger partial charge in [-0.3, -0.25) is 4.98 Å². The van der Waals surface area contributed by atoms with Crippen molar-refractivity contribution in [2.45, 2.75) is 25.8 Å². The van der Waals surface area contributed by atoms with Gasteiger partial charge in [-0.2, -0.15) is 0 Å². The standard InChI is InChI=1S/C18H25N3O3/c22-18(23)15-7-10-21-16(13-15)14-20-9-4-8-19-11-12-24-17-5-2-1-3-6-17/h2,5-7,10,13,19-20H,1,3-4,8-9,11-12,14H2,(H,22,23). The summed E-state index contributed by atoms with van der Waals surface area (Å²) in [5.74, 6) is 0.0466. The normalized spacial score (nSPS) is 13.6. The highest BCUT2D eigenvalue weighted by Crippen LogP contribution is 2.09. The van der Waals surface area contributed by atoms with E-state index in [-0.39, 0.29) is 5.56 Å². The van der Waals surface area contributed by atoms with Crippen LogP contribution in [0.3, 0.4) is 0 Å². The average molecular weight is 331 g/mol. The lowest BCUT2D eigenvalue weighted by atomic mass is 10.2. The Morgan fingerprint density at radius 2 is 2.12 bits per heavy atom. The van der Waals surface area contributed by atoms with E-state index in [0.29, 0.717) is 13.2 Å². The monoisotopic (exact) mass is 331 g/mol. The van der Waals surface area contributed by atoms with Crippen molar-refractivity contribution in [1.29, 1.82) is 0 Å². The van der Waals surface area contributed by atoms with Crippen molar-refractivity contribution in [3.63, 3.8) is 0 Å². The molecule has 0 unspecified atom stereocenters. The predicted octanol–water partition coefficient (Wildman–Crippen LogP) is 2.10. The number of ether oxygens (including phenoxy) is 1. The van der Waals surface area contributed by atoms with Crippen LogP contribution < -0.4 is 10.6 Å².